The highest BCUT2D eigenvalue weighted by Crippen LogP contribution is 2.40. The molecule has 0 saturated carbocycles. The van der Waals surface area contributed by atoms with Crippen molar-refractivity contribution in [3.8, 4) is 0 Å². The van der Waals surface area contributed by atoms with Crippen molar-refractivity contribution in [2.24, 2.45) is 5.41 Å². The lowest BCUT2D eigenvalue weighted by Gasteiger charge is -2.53. The Morgan fingerprint density at radius 2 is 1.73 bits per heavy atom. The van der Waals surface area contributed by atoms with Gasteiger partial charge in [0.1, 0.15) is 0 Å². The number of rotatable bonds is 7. The molecule has 2 nitrogen and oxygen atoms in total. The number of aliphatic hydroxyl groups is 1. The molecule has 90 valence electrons. The minimum atomic E-state index is 0.326. The predicted molar refractivity (Wildman–Crippen MR) is 65.0 cm³/mol. The summed E-state index contributed by atoms with van der Waals surface area (Å²) in [5.41, 5.74) is 0.618. The average molecular weight is 213 g/mol. The van der Waals surface area contributed by atoms with Crippen molar-refractivity contribution in [3.63, 3.8) is 0 Å². The van der Waals surface area contributed by atoms with Crippen LogP contribution in [-0.2, 0) is 0 Å². The Hall–Kier alpha value is -0.0800. The molecule has 0 radical (unpaired) electrons. The molecule has 0 bridgehead atoms. The second kappa shape index (κ2) is 5.86. The van der Waals surface area contributed by atoms with Crippen LogP contribution in [0.25, 0.3) is 0 Å². The van der Waals surface area contributed by atoms with Crippen molar-refractivity contribution in [1.29, 1.82) is 0 Å². The van der Waals surface area contributed by atoms with E-state index in [1.807, 2.05) is 0 Å². The molecule has 1 unspecified atom stereocenters. The number of aliphatic hydroxyl groups excluding tert-OH is 1. The van der Waals surface area contributed by atoms with Gasteiger partial charge in [0, 0.05) is 25.7 Å². The molecule has 1 heterocycles. The molecule has 1 saturated heterocycles. The lowest BCUT2D eigenvalue weighted by molar-refractivity contribution is -0.0441. The van der Waals surface area contributed by atoms with Gasteiger partial charge in [0.25, 0.3) is 0 Å². The number of likely N-dealkylation sites (tertiary alicyclic amines) is 1. The van der Waals surface area contributed by atoms with Crippen molar-refractivity contribution >= 4 is 0 Å². The van der Waals surface area contributed by atoms with E-state index in [4.69, 9.17) is 5.11 Å². The van der Waals surface area contributed by atoms with E-state index in [2.05, 4.69) is 25.7 Å². The molecule has 1 rings (SSSR count). The largest absolute Gasteiger partial charge is 0.396 e. The van der Waals surface area contributed by atoms with Crippen LogP contribution in [0.3, 0.4) is 0 Å². The fourth-order valence-electron chi connectivity index (χ4n) is 3.00. The van der Waals surface area contributed by atoms with Crippen LogP contribution >= 0.6 is 0 Å². The highest BCUT2D eigenvalue weighted by Gasteiger charge is 2.42. The van der Waals surface area contributed by atoms with Crippen molar-refractivity contribution in [2.45, 2.75) is 58.9 Å². The first-order valence-corrected chi connectivity index (χ1v) is 6.52. The third kappa shape index (κ3) is 3.18. The summed E-state index contributed by atoms with van der Waals surface area (Å²) in [6.07, 6.45) is 6.30. The van der Waals surface area contributed by atoms with Gasteiger partial charge < -0.3 is 5.11 Å². The van der Waals surface area contributed by atoms with Crippen LogP contribution in [0.15, 0.2) is 0 Å². The molecule has 0 amide bonds. The third-order valence-electron chi connectivity index (χ3n) is 3.81. The maximum absolute atomic E-state index is 8.92. The Bertz CT molecular complexity index is 167. The van der Waals surface area contributed by atoms with Crippen LogP contribution in [0.2, 0.25) is 0 Å². The van der Waals surface area contributed by atoms with E-state index >= 15 is 0 Å². The Morgan fingerprint density at radius 1 is 1.20 bits per heavy atom. The number of nitrogens with zero attached hydrogens (tertiary/aromatic N) is 1. The minimum Gasteiger partial charge on any atom is -0.396 e. The van der Waals surface area contributed by atoms with Gasteiger partial charge in [0.05, 0.1) is 0 Å². The van der Waals surface area contributed by atoms with Gasteiger partial charge in [-0.3, -0.25) is 4.90 Å². The zero-order valence-corrected chi connectivity index (χ0v) is 10.6. The summed E-state index contributed by atoms with van der Waals surface area (Å²) in [7, 11) is 0. The molecule has 0 aromatic carbocycles. The van der Waals surface area contributed by atoms with Gasteiger partial charge in [-0.05, 0) is 31.6 Å². The standard InChI is InChI=1S/C13H27NO/c1-4-7-13(8-5-2)10-14(11-13)12(3)6-9-15/h12,15H,4-11H2,1-3H3. The first-order chi connectivity index (χ1) is 7.17. The summed E-state index contributed by atoms with van der Waals surface area (Å²) in [6, 6.07) is 0.567. The van der Waals surface area contributed by atoms with Gasteiger partial charge >= 0.3 is 0 Å². The second-order valence-corrected chi connectivity index (χ2v) is 5.27. The third-order valence-corrected chi connectivity index (χ3v) is 3.81. The van der Waals surface area contributed by atoms with Gasteiger partial charge in [-0.1, -0.05) is 26.7 Å². The molecule has 1 N–H and O–H groups in total. The topological polar surface area (TPSA) is 23.5 Å². The molecule has 15 heavy (non-hydrogen) atoms. The lowest BCUT2D eigenvalue weighted by Crippen LogP contribution is -2.59. The Balaban J connectivity index is 2.35. The Morgan fingerprint density at radius 3 is 2.13 bits per heavy atom. The fraction of sp³-hybridized carbons (Fsp3) is 1.00. The summed E-state index contributed by atoms with van der Waals surface area (Å²) < 4.78 is 0. The van der Waals surface area contributed by atoms with Crippen LogP contribution < -0.4 is 0 Å². The molecular formula is C13H27NO. The van der Waals surface area contributed by atoms with Crippen LogP contribution in [0, 0.1) is 5.41 Å². The van der Waals surface area contributed by atoms with E-state index in [1.165, 1.54) is 38.8 Å². The van der Waals surface area contributed by atoms with Gasteiger partial charge in [-0.15, -0.1) is 0 Å². The maximum Gasteiger partial charge on any atom is 0.0445 e. The van der Waals surface area contributed by atoms with Crippen molar-refractivity contribution in [3.05, 3.63) is 0 Å². The van der Waals surface area contributed by atoms with E-state index in [9.17, 15) is 0 Å². The van der Waals surface area contributed by atoms with Gasteiger partial charge in [-0.2, -0.15) is 0 Å². The first kappa shape index (κ1) is 13.0. The Labute approximate surface area is 94.7 Å². The summed E-state index contributed by atoms with van der Waals surface area (Å²) in [6.45, 7) is 9.66. The first-order valence-electron chi connectivity index (χ1n) is 6.52. The summed E-state index contributed by atoms with van der Waals surface area (Å²) in [4.78, 5) is 2.53. The summed E-state index contributed by atoms with van der Waals surface area (Å²) in [5.74, 6) is 0. The molecule has 2 heteroatoms. The van der Waals surface area contributed by atoms with Crippen LogP contribution in [0.1, 0.15) is 52.9 Å². The number of hydrogen-bond acceptors (Lipinski definition) is 2. The van der Waals surface area contributed by atoms with Crippen molar-refractivity contribution in [2.75, 3.05) is 19.7 Å². The Kier molecular flexibility index (Phi) is 5.07. The molecular weight excluding hydrogens is 186 g/mol. The van der Waals surface area contributed by atoms with E-state index in [1.54, 1.807) is 0 Å². The molecule has 1 fully saturated rings. The van der Waals surface area contributed by atoms with Crippen LogP contribution in [0.4, 0.5) is 0 Å². The van der Waals surface area contributed by atoms with Crippen LogP contribution in [0.5, 0.6) is 0 Å². The zero-order chi connectivity index (χ0) is 11.3. The fourth-order valence-corrected chi connectivity index (χ4v) is 3.00. The molecule has 0 aliphatic carbocycles. The second-order valence-electron chi connectivity index (χ2n) is 5.27. The van der Waals surface area contributed by atoms with Crippen molar-refractivity contribution in [1.82, 2.24) is 4.90 Å². The van der Waals surface area contributed by atoms with Crippen LogP contribution in [-0.4, -0.2) is 35.7 Å². The highest BCUT2D eigenvalue weighted by molar-refractivity contribution is 4.96. The summed E-state index contributed by atoms with van der Waals surface area (Å²) in [5, 5.41) is 8.92. The summed E-state index contributed by atoms with van der Waals surface area (Å²) >= 11 is 0. The van der Waals surface area contributed by atoms with Gasteiger partial charge in [0.2, 0.25) is 0 Å². The van der Waals surface area contributed by atoms with Crippen molar-refractivity contribution < 1.29 is 5.11 Å². The molecule has 0 aromatic rings. The normalized spacial score (nSPS) is 22.4. The maximum atomic E-state index is 8.92. The quantitative estimate of drug-likeness (QED) is 0.703. The smallest absolute Gasteiger partial charge is 0.0445 e. The van der Waals surface area contributed by atoms with E-state index in [0.717, 1.165) is 6.42 Å². The molecule has 1 atom stereocenters. The van der Waals surface area contributed by atoms with Gasteiger partial charge in [-0.25, -0.2) is 0 Å². The molecule has 1 aliphatic rings. The monoisotopic (exact) mass is 213 g/mol. The number of hydrogen-bond donors (Lipinski definition) is 1. The molecule has 1 aliphatic heterocycles. The zero-order valence-electron chi connectivity index (χ0n) is 10.6. The minimum absolute atomic E-state index is 0.326. The van der Waals surface area contributed by atoms with E-state index < -0.39 is 0 Å². The lowest BCUT2D eigenvalue weighted by atomic mass is 9.72. The SMILES string of the molecule is CCCC1(CCC)CN(C(C)CCO)C1. The average Bonchev–Trinajstić information content (AvgIpc) is 2.14. The highest BCUT2D eigenvalue weighted by atomic mass is 16.3. The molecule has 0 aromatic heterocycles. The van der Waals surface area contributed by atoms with E-state index in [-0.39, 0.29) is 0 Å². The van der Waals surface area contributed by atoms with E-state index in [0.29, 0.717) is 18.1 Å². The predicted octanol–water partition coefficient (Wildman–Crippen LogP) is 2.66. The van der Waals surface area contributed by atoms with Gasteiger partial charge in [0.15, 0.2) is 0 Å². The molecule has 0 spiro atoms.